The van der Waals surface area contributed by atoms with Crippen LogP contribution in [0.5, 0.6) is 0 Å². The third kappa shape index (κ3) is 1.40. The van der Waals surface area contributed by atoms with Crippen LogP contribution in [0, 0.1) is 19.7 Å². The fourth-order valence-electron chi connectivity index (χ4n) is 2.13. The van der Waals surface area contributed by atoms with Crippen LogP contribution < -0.4 is 5.73 Å². The predicted molar refractivity (Wildman–Crippen MR) is 67.6 cm³/mol. The molecule has 5 heteroatoms. The highest BCUT2D eigenvalue weighted by Gasteiger charge is 2.14. The molecule has 3 rings (SSSR count). The lowest BCUT2D eigenvalue weighted by atomic mass is 10.0. The van der Waals surface area contributed by atoms with Crippen molar-refractivity contribution in [3.63, 3.8) is 0 Å². The smallest absolute Gasteiger partial charge is 0.229 e. The van der Waals surface area contributed by atoms with Crippen molar-refractivity contribution in [3.05, 3.63) is 35.4 Å². The van der Waals surface area contributed by atoms with Gasteiger partial charge >= 0.3 is 0 Å². The van der Waals surface area contributed by atoms with Gasteiger partial charge in [-0.2, -0.15) is 0 Å². The van der Waals surface area contributed by atoms with Gasteiger partial charge in [-0.25, -0.2) is 4.39 Å². The van der Waals surface area contributed by atoms with Crippen molar-refractivity contribution in [2.75, 3.05) is 5.73 Å². The molecular weight excluding hydrogens is 233 g/mol. The second-order valence-corrected chi connectivity index (χ2v) is 4.36. The molecule has 0 bridgehead atoms. The molecule has 3 N–H and O–H groups in total. The Kier molecular flexibility index (Phi) is 2.16. The van der Waals surface area contributed by atoms with Crippen molar-refractivity contribution in [1.82, 2.24) is 10.1 Å². The van der Waals surface area contributed by atoms with E-state index in [9.17, 15) is 4.39 Å². The second-order valence-electron chi connectivity index (χ2n) is 4.36. The van der Waals surface area contributed by atoms with E-state index in [1.54, 1.807) is 0 Å². The van der Waals surface area contributed by atoms with Gasteiger partial charge in [0, 0.05) is 11.1 Å². The highest BCUT2D eigenvalue weighted by Crippen LogP contribution is 2.32. The number of nitrogens with zero attached hydrogens (tertiary/aromatic N) is 1. The fourth-order valence-corrected chi connectivity index (χ4v) is 2.13. The van der Waals surface area contributed by atoms with Crippen molar-refractivity contribution in [2.24, 2.45) is 0 Å². The molecular formula is C13H12FN3O. The lowest BCUT2D eigenvalue weighted by Crippen LogP contribution is -1.87. The molecule has 0 aliphatic heterocycles. The van der Waals surface area contributed by atoms with E-state index in [0.29, 0.717) is 16.6 Å². The Morgan fingerprint density at radius 2 is 2.11 bits per heavy atom. The van der Waals surface area contributed by atoms with Gasteiger partial charge in [0.15, 0.2) is 0 Å². The van der Waals surface area contributed by atoms with Crippen molar-refractivity contribution < 1.29 is 8.91 Å². The van der Waals surface area contributed by atoms with E-state index in [2.05, 4.69) is 10.1 Å². The number of hydrogen-bond donors (Lipinski definition) is 2. The van der Waals surface area contributed by atoms with Gasteiger partial charge in [0.2, 0.25) is 5.88 Å². The molecule has 0 saturated carbocycles. The molecule has 92 valence electrons. The topological polar surface area (TPSA) is 67.8 Å². The average molecular weight is 245 g/mol. The number of anilines is 1. The van der Waals surface area contributed by atoms with E-state index >= 15 is 0 Å². The molecule has 0 aliphatic carbocycles. The normalized spacial score (nSPS) is 11.3. The molecule has 3 aromatic rings. The Hall–Kier alpha value is -2.30. The summed E-state index contributed by atoms with van der Waals surface area (Å²) in [6.45, 7) is 3.87. The minimum Gasteiger partial charge on any atom is -0.367 e. The van der Waals surface area contributed by atoms with Crippen LogP contribution in [0.3, 0.4) is 0 Å². The van der Waals surface area contributed by atoms with Gasteiger partial charge in [0.25, 0.3) is 0 Å². The SMILES string of the molecule is Cc1[nH]c2c(F)cc(-c3cnoc3N)cc2c1C. The van der Waals surface area contributed by atoms with Crippen LogP contribution in [-0.2, 0) is 0 Å². The number of aromatic nitrogens is 2. The molecule has 1 aromatic carbocycles. The van der Waals surface area contributed by atoms with Crippen molar-refractivity contribution >= 4 is 16.8 Å². The highest BCUT2D eigenvalue weighted by molar-refractivity contribution is 5.90. The number of nitrogens with two attached hydrogens (primary N) is 1. The summed E-state index contributed by atoms with van der Waals surface area (Å²) >= 11 is 0. The number of hydrogen-bond acceptors (Lipinski definition) is 3. The zero-order valence-corrected chi connectivity index (χ0v) is 10.0. The first-order valence-electron chi connectivity index (χ1n) is 5.57. The summed E-state index contributed by atoms with van der Waals surface area (Å²) in [5.74, 6) is -0.113. The standard InChI is InChI=1S/C13H12FN3O/c1-6-7(2)17-12-9(6)3-8(4-11(12)14)10-5-16-18-13(10)15/h3-5,17H,15H2,1-2H3. The van der Waals surface area contributed by atoms with Crippen LogP contribution in [0.15, 0.2) is 22.9 Å². The quantitative estimate of drug-likeness (QED) is 0.692. The lowest BCUT2D eigenvalue weighted by Gasteiger charge is -2.01. The molecule has 0 radical (unpaired) electrons. The van der Waals surface area contributed by atoms with Gasteiger partial charge in [0.05, 0.1) is 17.3 Å². The summed E-state index contributed by atoms with van der Waals surface area (Å²) in [7, 11) is 0. The lowest BCUT2D eigenvalue weighted by molar-refractivity contribution is 0.436. The molecule has 0 spiro atoms. The van der Waals surface area contributed by atoms with Crippen LogP contribution in [0.2, 0.25) is 0 Å². The first-order chi connectivity index (χ1) is 8.58. The van der Waals surface area contributed by atoms with E-state index in [1.807, 2.05) is 19.9 Å². The molecule has 0 aliphatic rings. The van der Waals surface area contributed by atoms with Crippen LogP contribution in [0.1, 0.15) is 11.3 Å². The number of aryl methyl sites for hydroxylation is 2. The second kappa shape index (κ2) is 3.60. The van der Waals surface area contributed by atoms with Gasteiger partial charge < -0.3 is 15.2 Å². The summed E-state index contributed by atoms with van der Waals surface area (Å²) in [6, 6.07) is 3.32. The first-order valence-corrected chi connectivity index (χ1v) is 5.57. The first kappa shape index (κ1) is 10.8. The van der Waals surface area contributed by atoms with E-state index in [-0.39, 0.29) is 11.7 Å². The maximum Gasteiger partial charge on any atom is 0.229 e. The summed E-state index contributed by atoms with van der Waals surface area (Å²) in [5.41, 5.74) is 9.43. The number of nitrogens with one attached hydrogen (secondary N) is 1. The summed E-state index contributed by atoms with van der Waals surface area (Å²) in [4.78, 5) is 3.04. The van der Waals surface area contributed by atoms with E-state index < -0.39 is 0 Å². The molecule has 0 fully saturated rings. The Labute approximate surface area is 103 Å². The van der Waals surface area contributed by atoms with Crippen LogP contribution >= 0.6 is 0 Å². The van der Waals surface area contributed by atoms with Crippen LogP contribution in [-0.4, -0.2) is 10.1 Å². The maximum absolute atomic E-state index is 14.0. The zero-order valence-electron chi connectivity index (χ0n) is 10.0. The average Bonchev–Trinajstić information content (AvgIpc) is 2.87. The number of aromatic amines is 1. The van der Waals surface area contributed by atoms with Crippen LogP contribution in [0.25, 0.3) is 22.0 Å². The van der Waals surface area contributed by atoms with Gasteiger partial charge in [-0.05, 0) is 37.1 Å². The molecule has 4 nitrogen and oxygen atoms in total. The van der Waals surface area contributed by atoms with E-state index in [1.165, 1.54) is 12.3 Å². The highest BCUT2D eigenvalue weighted by atomic mass is 19.1. The zero-order chi connectivity index (χ0) is 12.9. The van der Waals surface area contributed by atoms with E-state index in [0.717, 1.165) is 16.6 Å². The van der Waals surface area contributed by atoms with Gasteiger partial charge in [-0.3, -0.25) is 0 Å². The summed E-state index contributed by atoms with van der Waals surface area (Å²) in [6.07, 6.45) is 1.49. The third-order valence-corrected chi connectivity index (χ3v) is 3.28. The Bertz CT molecular complexity index is 742. The molecule has 2 aromatic heterocycles. The number of H-pyrrole nitrogens is 1. The van der Waals surface area contributed by atoms with E-state index in [4.69, 9.17) is 10.3 Å². The summed E-state index contributed by atoms with van der Waals surface area (Å²) < 4.78 is 18.8. The van der Waals surface area contributed by atoms with Crippen molar-refractivity contribution in [1.29, 1.82) is 0 Å². The van der Waals surface area contributed by atoms with Crippen molar-refractivity contribution in [3.8, 4) is 11.1 Å². The Balaban J connectivity index is 2.33. The van der Waals surface area contributed by atoms with Gasteiger partial charge in [0.1, 0.15) is 5.82 Å². The Morgan fingerprint density at radius 3 is 2.78 bits per heavy atom. The van der Waals surface area contributed by atoms with Gasteiger partial charge in [-0.15, -0.1) is 0 Å². The van der Waals surface area contributed by atoms with Gasteiger partial charge in [-0.1, -0.05) is 5.16 Å². The predicted octanol–water partition coefficient (Wildman–Crippen LogP) is 3.16. The molecule has 2 heterocycles. The molecule has 0 amide bonds. The number of nitrogen functional groups attached to an aromatic ring is 1. The number of fused-ring (bicyclic) bond motifs is 1. The van der Waals surface area contributed by atoms with Crippen LogP contribution in [0.4, 0.5) is 10.3 Å². The molecule has 0 unspecified atom stereocenters. The number of benzene rings is 1. The minimum atomic E-state index is -0.306. The molecule has 0 saturated heterocycles. The third-order valence-electron chi connectivity index (χ3n) is 3.28. The monoisotopic (exact) mass is 245 g/mol. The maximum atomic E-state index is 14.0. The molecule has 0 atom stereocenters. The number of halogens is 1. The Morgan fingerprint density at radius 1 is 1.33 bits per heavy atom. The minimum absolute atomic E-state index is 0.193. The number of rotatable bonds is 1. The largest absolute Gasteiger partial charge is 0.367 e. The molecule has 18 heavy (non-hydrogen) atoms. The fraction of sp³-hybridized carbons (Fsp3) is 0.154. The summed E-state index contributed by atoms with van der Waals surface area (Å²) in [5, 5.41) is 4.46. The van der Waals surface area contributed by atoms with Crippen molar-refractivity contribution in [2.45, 2.75) is 13.8 Å².